The van der Waals surface area contributed by atoms with Crippen molar-refractivity contribution in [3.05, 3.63) is 4.72 Å². The lowest BCUT2D eigenvalue weighted by Gasteiger charge is -2.34. The molecule has 0 saturated carbocycles. The van der Waals surface area contributed by atoms with E-state index < -0.39 is 10.2 Å². The van der Waals surface area contributed by atoms with E-state index in [-0.39, 0.29) is 0 Å². The molecule has 6 heteroatoms. The third kappa shape index (κ3) is 3.20. The van der Waals surface area contributed by atoms with E-state index in [9.17, 15) is 8.42 Å². The lowest BCUT2D eigenvalue weighted by Crippen LogP contribution is -2.52. The summed E-state index contributed by atoms with van der Waals surface area (Å²) < 4.78 is 28.3. The van der Waals surface area contributed by atoms with Gasteiger partial charge in [-0.1, -0.05) is 13.5 Å². The summed E-state index contributed by atoms with van der Waals surface area (Å²) >= 11 is 0. The Kier molecular flexibility index (Phi) is 4.31. The molecule has 0 aromatic heterocycles. The van der Waals surface area contributed by atoms with Gasteiger partial charge in [0, 0.05) is 13.1 Å². The number of rotatable bonds is 4. The maximum atomic E-state index is 11.6. The fraction of sp³-hybridized carbons (Fsp3) is 1.00. The van der Waals surface area contributed by atoms with Crippen molar-refractivity contribution >= 4 is 10.2 Å². The molecule has 0 bridgehead atoms. The third-order valence-electron chi connectivity index (χ3n) is 2.48. The van der Waals surface area contributed by atoms with Crippen molar-refractivity contribution in [1.82, 2.24) is 4.31 Å². The molecule has 0 spiro atoms. The molecule has 1 heterocycles. The summed E-state index contributed by atoms with van der Waals surface area (Å²) in [4.78, 5) is 0. The lowest BCUT2D eigenvalue weighted by atomic mass is 10.0. The summed E-state index contributed by atoms with van der Waals surface area (Å²) in [7, 11) is -3.35. The van der Waals surface area contributed by atoms with Crippen LogP contribution in [0.2, 0.25) is 0 Å². The van der Waals surface area contributed by atoms with Gasteiger partial charge in [0.2, 0.25) is 0 Å². The first-order chi connectivity index (χ1) is 6.56. The number of piperidine rings is 1. The predicted octanol–water partition coefficient (Wildman–Crippen LogP) is -0.421. The molecule has 0 aromatic carbocycles. The van der Waals surface area contributed by atoms with E-state index in [2.05, 4.69) is 17.4 Å². The first-order valence-electron chi connectivity index (χ1n) is 5.04. The highest BCUT2D eigenvalue weighted by Gasteiger charge is 2.20. The summed E-state index contributed by atoms with van der Waals surface area (Å²) in [5.74, 6) is 0.634. The van der Waals surface area contributed by atoms with Crippen LogP contribution < -0.4 is 5.73 Å². The highest BCUT2D eigenvalue weighted by molar-refractivity contribution is 7.91. The maximum absolute atomic E-state index is 11.6. The molecule has 0 aromatic rings. The zero-order chi connectivity index (χ0) is 10.6. The number of nitrogens with zero attached hydrogens (tertiary/aromatic N) is 2. The van der Waals surface area contributed by atoms with Gasteiger partial charge >= 0.3 is 0 Å². The highest BCUT2D eigenvalue weighted by atomic mass is 32.2. The van der Waals surface area contributed by atoms with Gasteiger partial charge in [0.1, 0.15) is 10.2 Å². The summed E-state index contributed by atoms with van der Waals surface area (Å²) in [5.41, 5.74) is 3.57. The average Bonchev–Trinajstić information content (AvgIpc) is 2.16. The zero-order valence-electron chi connectivity index (χ0n) is 8.65. The van der Waals surface area contributed by atoms with Gasteiger partial charge < -0.3 is 10.5 Å². The van der Waals surface area contributed by atoms with E-state index in [0.717, 1.165) is 12.8 Å². The highest BCUT2D eigenvalue weighted by Crippen LogP contribution is 2.20. The molecular formula is C8H19N3O2S. The number of quaternary nitrogens is 1. The molecule has 14 heavy (non-hydrogen) atoms. The number of hydrogen-bond donors (Lipinski definition) is 1. The van der Waals surface area contributed by atoms with Crippen LogP contribution in [0.3, 0.4) is 0 Å². The predicted molar refractivity (Wildman–Crippen MR) is 54.9 cm³/mol. The summed E-state index contributed by atoms with van der Waals surface area (Å²) in [5, 5.41) is 0. The second-order valence-electron chi connectivity index (χ2n) is 3.77. The molecule has 0 unspecified atom stereocenters. The van der Waals surface area contributed by atoms with Crippen LogP contribution in [0, 0.1) is 5.92 Å². The van der Waals surface area contributed by atoms with Crippen LogP contribution in [0.4, 0.5) is 0 Å². The fourth-order valence-corrected chi connectivity index (χ4v) is 2.67. The monoisotopic (exact) mass is 221 g/mol. The van der Waals surface area contributed by atoms with Gasteiger partial charge in [-0.2, -0.15) is 0 Å². The Hall–Kier alpha value is -0.170. The van der Waals surface area contributed by atoms with Crippen LogP contribution >= 0.6 is 0 Å². The van der Waals surface area contributed by atoms with Crippen molar-refractivity contribution in [2.24, 2.45) is 5.92 Å². The fourth-order valence-electron chi connectivity index (χ4n) is 1.48. The van der Waals surface area contributed by atoms with E-state index >= 15 is 0 Å². The Morgan fingerprint density at radius 1 is 1.43 bits per heavy atom. The molecule has 3 N–H and O–H groups in total. The van der Waals surface area contributed by atoms with E-state index in [1.807, 2.05) is 0 Å². The molecule has 0 radical (unpaired) electrons. The first kappa shape index (κ1) is 11.9. The Balaban J connectivity index is 2.47. The Morgan fingerprint density at radius 2 is 2.00 bits per heavy atom. The molecule has 84 valence electrons. The van der Waals surface area contributed by atoms with Crippen molar-refractivity contribution in [1.29, 1.82) is 0 Å². The topological polar surface area (TPSA) is 79.1 Å². The lowest BCUT2D eigenvalue weighted by molar-refractivity contribution is -0.362. The minimum Gasteiger partial charge on any atom is -0.531 e. The second kappa shape index (κ2) is 5.06. The first-order valence-corrected chi connectivity index (χ1v) is 6.44. The van der Waals surface area contributed by atoms with Crippen LogP contribution in [0.25, 0.3) is 4.72 Å². The number of hydrogen-bond acceptors (Lipinski definition) is 2. The van der Waals surface area contributed by atoms with Crippen LogP contribution in [0.5, 0.6) is 0 Å². The van der Waals surface area contributed by atoms with Crippen molar-refractivity contribution < 1.29 is 14.2 Å². The van der Waals surface area contributed by atoms with Crippen molar-refractivity contribution in [2.75, 3.05) is 26.2 Å². The molecule has 1 saturated heterocycles. The van der Waals surface area contributed by atoms with Crippen LogP contribution in [-0.4, -0.2) is 38.9 Å². The second-order valence-corrected chi connectivity index (χ2v) is 5.44. The molecular weight excluding hydrogens is 202 g/mol. The molecule has 1 aliphatic rings. The quantitative estimate of drug-likeness (QED) is 0.699. The normalized spacial score (nSPS) is 21.3. The van der Waals surface area contributed by atoms with Gasteiger partial charge in [-0.15, -0.1) is 0 Å². The summed E-state index contributed by atoms with van der Waals surface area (Å²) in [6.07, 6.45) is 1.89. The van der Waals surface area contributed by atoms with Gasteiger partial charge in [0.15, 0.2) is 0 Å². The van der Waals surface area contributed by atoms with E-state index in [1.54, 1.807) is 0 Å². The van der Waals surface area contributed by atoms with Crippen LogP contribution in [-0.2, 0) is 10.2 Å². The third-order valence-corrected chi connectivity index (χ3v) is 4.01. The van der Waals surface area contributed by atoms with Crippen molar-refractivity contribution in [2.45, 2.75) is 19.8 Å². The summed E-state index contributed by atoms with van der Waals surface area (Å²) in [6, 6.07) is 0. The molecule has 0 aliphatic carbocycles. The van der Waals surface area contributed by atoms with Crippen molar-refractivity contribution in [3.8, 4) is 0 Å². The van der Waals surface area contributed by atoms with Crippen molar-refractivity contribution in [3.63, 3.8) is 0 Å². The van der Waals surface area contributed by atoms with E-state index in [0.29, 0.717) is 32.1 Å². The zero-order valence-corrected chi connectivity index (χ0v) is 9.46. The average molecular weight is 221 g/mol. The van der Waals surface area contributed by atoms with Gasteiger partial charge in [-0.3, -0.25) is 0 Å². The molecule has 0 amide bonds. The van der Waals surface area contributed by atoms with Crippen LogP contribution in [0.1, 0.15) is 19.8 Å². The molecule has 1 fully saturated rings. The Morgan fingerprint density at radius 3 is 2.50 bits per heavy atom. The SMILES string of the molecule is CC1CCN(S(=O)(=O)[N-]CC[NH3+])CC1. The molecule has 5 nitrogen and oxygen atoms in total. The van der Waals surface area contributed by atoms with Gasteiger partial charge in [0.05, 0.1) is 6.54 Å². The van der Waals surface area contributed by atoms with Gasteiger partial charge in [-0.25, -0.2) is 12.7 Å². The summed E-state index contributed by atoms with van der Waals surface area (Å²) in [6.45, 7) is 4.21. The minimum absolute atomic E-state index is 0.300. The van der Waals surface area contributed by atoms with Gasteiger partial charge in [-0.05, 0) is 18.8 Å². The van der Waals surface area contributed by atoms with Gasteiger partial charge in [0.25, 0.3) is 0 Å². The largest absolute Gasteiger partial charge is 0.531 e. The molecule has 1 aliphatic heterocycles. The van der Waals surface area contributed by atoms with E-state index in [1.165, 1.54) is 4.31 Å². The maximum Gasteiger partial charge on any atom is 0.137 e. The standard InChI is InChI=1S/C8H18N3O2S/c1-8-2-6-11(7-3-8)14(12,13)10-5-4-9/h8H,2-7,9H2,1H3/q-1/p+1. The van der Waals surface area contributed by atoms with Crippen LogP contribution in [0.15, 0.2) is 0 Å². The smallest absolute Gasteiger partial charge is 0.137 e. The Labute approximate surface area is 85.8 Å². The molecule has 0 atom stereocenters. The van der Waals surface area contributed by atoms with E-state index in [4.69, 9.17) is 0 Å². The Bertz CT molecular complexity index is 258. The minimum atomic E-state index is -3.35. The molecule has 1 rings (SSSR count).